The number of nitrogens with two attached hydrogens (primary N) is 1. The lowest BCUT2D eigenvalue weighted by Gasteiger charge is -2.16. The van der Waals surface area contributed by atoms with Crippen LogP contribution in [0.3, 0.4) is 0 Å². The standard InChI is InChI=1S/C16H18FNO3/c1-3-21-16(19)14(17)15(18)12-5-4-11-9-13(20-2)7-6-10(11)8-12/h4-9,14-15H,3,18H2,1-2H3/t14?,15-/m0/s1. The Hall–Kier alpha value is -2.14. The zero-order valence-electron chi connectivity index (χ0n) is 12.0. The van der Waals surface area contributed by atoms with Crippen LogP contribution in [0.2, 0.25) is 0 Å². The van der Waals surface area contributed by atoms with Gasteiger partial charge in [-0.05, 0) is 41.5 Å². The van der Waals surface area contributed by atoms with Crippen LogP contribution in [0.5, 0.6) is 5.75 Å². The van der Waals surface area contributed by atoms with Crippen LogP contribution >= 0.6 is 0 Å². The molecule has 0 fully saturated rings. The van der Waals surface area contributed by atoms with Gasteiger partial charge in [-0.25, -0.2) is 9.18 Å². The average molecular weight is 291 g/mol. The normalized spacial score (nSPS) is 13.7. The fourth-order valence-corrected chi connectivity index (χ4v) is 2.11. The lowest BCUT2D eigenvalue weighted by Crippen LogP contribution is -2.31. The second-order valence-corrected chi connectivity index (χ2v) is 4.65. The first-order chi connectivity index (χ1) is 10.1. The van der Waals surface area contributed by atoms with Gasteiger partial charge in [-0.3, -0.25) is 0 Å². The molecule has 112 valence electrons. The van der Waals surface area contributed by atoms with Gasteiger partial charge in [0.05, 0.1) is 19.8 Å². The maximum Gasteiger partial charge on any atom is 0.342 e. The third kappa shape index (κ3) is 3.31. The van der Waals surface area contributed by atoms with Crippen molar-refractivity contribution in [3.63, 3.8) is 0 Å². The van der Waals surface area contributed by atoms with E-state index in [1.54, 1.807) is 26.2 Å². The Kier molecular flexibility index (Phi) is 4.75. The summed E-state index contributed by atoms with van der Waals surface area (Å²) in [5.41, 5.74) is 6.37. The third-order valence-electron chi connectivity index (χ3n) is 3.28. The zero-order valence-corrected chi connectivity index (χ0v) is 12.0. The number of rotatable bonds is 5. The van der Waals surface area contributed by atoms with Gasteiger partial charge in [-0.2, -0.15) is 0 Å². The predicted octanol–water partition coefficient (Wildman–Crippen LogP) is 2.75. The van der Waals surface area contributed by atoms with Crippen LogP contribution in [0.4, 0.5) is 4.39 Å². The van der Waals surface area contributed by atoms with Crippen LogP contribution in [0, 0.1) is 0 Å². The predicted molar refractivity (Wildman–Crippen MR) is 79.0 cm³/mol. The molecule has 2 aromatic carbocycles. The van der Waals surface area contributed by atoms with Crippen LogP contribution in [0.15, 0.2) is 36.4 Å². The SMILES string of the molecule is CCOC(=O)C(F)[C@@H](N)c1ccc2cc(OC)ccc2c1. The Morgan fingerprint density at radius 2 is 1.90 bits per heavy atom. The highest BCUT2D eigenvalue weighted by atomic mass is 19.1. The summed E-state index contributed by atoms with van der Waals surface area (Å²) in [7, 11) is 1.60. The molecule has 1 unspecified atom stereocenters. The molecule has 2 aromatic rings. The second kappa shape index (κ2) is 6.54. The van der Waals surface area contributed by atoms with Crippen LogP contribution in [-0.4, -0.2) is 25.9 Å². The molecule has 0 aromatic heterocycles. The van der Waals surface area contributed by atoms with Crippen molar-refractivity contribution in [2.75, 3.05) is 13.7 Å². The number of hydrogen-bond donors (Lipinski definition) is 1. The minimum absolute atomic E-state index is 0.128. The van der Waals surface area contributed by atoms with Gasteiger partial charge in [0.15, 0.2) is 0 Å². The molecule has 0 saturated heterocycles. The first-order valence-electron chi connectivity index (χ1n) is 6.70. The Balaban J connectivity index is 2.27. The van der Waals surface area contributed by atoms with Crippen molar-refractivity contribution in [3.8, 4) is 5.75 Å². The number of fused-ring (bicyclic) bond motifs is 1. The van der Waals surface area contributed by atoms with Gasteiger partial charge in [0.25, 0.3) is 0 Å². The van der Waals surface area contributed by atoms with Crippen LogP contribution in [0.25, 0.3) is 10.8 Å². The lowest BCUT2D eigenvalue weighted by atomic mass is 9.99. The molecule has 2 atom stereocenters. The number of halogens is 1. The van der Waals surface area contributed by atoms with Crippen molar-refractivity contribution in [1.29, 1.82) is 0 Å². The van der Waals surface area contributed by atoms with Crippen molar-refractivity contribution in [2.45, 2.75) is 19.1 Å². The Morgan fingerprint density at radius 3 is 2.57 bits per heavy atom. The van der Waals surface area contributed by atoms with E-state index >= 15 is 0 Å². The largest absolute Gasteiger partial charge is 0.497 e. The molecular formula is C16H18FNO3. The highest BCUT2D eigenvalue weighted by Gasteiger charge is 2.27. The smallest absolute Gasteiger partial charge is 0.342 e. The Morgan fingerprint density at radius 1 is 1.24 bits per heavy atom. The summed E-state index contributed by atoms with van der Waals surface area (Å²) >= 11 is 0. The fraction of sp³-hybridized carbons (Fsp3) is 0.312. The highest BCUT2D eigenvalue weighted by molar-refractivity contribution is 5.85. The third-order valence-corrected chi connectivity index (χ3v) is 3.28. The molecule has 0 radical (unpaired) electrons. The molecule has 0 aliphatic carbocycles. The summed E-state index contributed by atoms with van der Waals surface area (Å²) in [6.07, 6.45) is -1.87. The molecule has 0 aliphatic rings. The Bertz CT molecular complexity index is 644. The summed E-state index contributed by atoms with van der Waals surface area (Å²) in [6.45, 7) is 1.75. The van der Waals surface area contributed by atoms with E-state index in [0.29, 0.717) is 5.56 Å². The number of hydrogen-bond acceptors (Lipinski definition) is 4. The minimum atomic E-state index is -1.87. The molecule has 5 heteroatoms. The number of esters is 1. The van der Waals surface area contributed by atoms with Crippen LogP contribution in [-0.2, 0) is 9.53 Å². The molecule has 21 heavy (non-hydrogen) atoms. The van der Waals surface area contributed by atoms with Crippen LogP contribution in [0.1, 0.15) is 18.5 Å². The van der Waals surface area contributed by atoms with E-state index in [-0.39, 0.29) is 6.61 Å². The number of carbonyl (C=O) groups is 1. The van der Waals surface area contributed by atoms with Gasteiger partial charge in [0.2, 0.25) is 6.17 Å². The van der Waals surface area contributed by atoms with E-state index in [4.69, 9.17) is 10.5 Å². The number of benzene rings is 2. The van der Waals surface area contributed by atoms with Crippen molar-refractivity contribution in [1.82, 2.24) is 0 Å². The molecule has 0 bridgehead atoms. The van der Waals surface area contributed by atoms with Gasteiger partial charge in [-0.1, -0.05) is 18.2 Å². The number of alkyl halides is 1. The summed E-state index contributed by atoms with van der Waals surface area (Å²) in [6, 6.07) is 9.81. The molecule has 0 saturated carbocycles. The monoisotopic (exact) mass is 291 g/mol. The van der Waals surface area contributed by atoms with Gasteiger partial charge in [0, 0.05) is 0 Å². The van der Waals surface area contributed by atoms with E-state index in [2.05, 4.69) is 4.74 Å². The van der Waals surface area contributed by atoms with Gasteiger partial charge in [0.1, 0.15) is 5.75 Å². The number of ether oxygens (including phenoxy) is 2. The van der Waals surface area contributed by atoms with E-state index in [1.807, 2.05) is 24.3 Å². The number of carbonyl (C=O) groups excluding carboxylic acids is 1. The second-order valence-electron chi connectivity index (χ2n) is 4.65. The quantitative estimate of drug-likeness (QED) is 0.860. The lowest BCUT2D eigenvalue weighted by molar-refractivity contribution is -0.149. The van der Waals surface area contributed by atoms with Crippen molar-refractivity contribution >= 4 is 16.7 Å². The van der Waals surface area contributed by atoms with Gasteiger partial charge in [-0.15, -0.1) is 0 Å². The first kappa shape index (κ1) is 15.3. The molecule has 2 N–H and O–H groups in total. The van der Waals surface area contributed by atoms with Crippen molar-refractivity contribution < 1.29 is 18.7 Å². The topological polar surface area (TPSA) is 61.5 Å². The summed E-state index contributed by atoms with van der Waals surface area (Å²) in [5.74, 6) is -0.186. The summed E-state index contributed by atoms with van der Waals surface area (Å²) in [5, 5.41) is 1.86. The maximum atomic E-state index is 14.0. The fourth-order valence-electron chi connectivity index (χ4n) is 2.11. The summed E-state index contributed by atoms with van der Waals surface area (Å²) < 4.78 is 23.8. The maximum absolute atomic E-state index is 14.0. The van der Waals surface area contributed by atoms with E-state index < -0.39 is 18.2 Å². The molecule has 0 aliphatic heterocycles. The Labute approximate surface area is 122 Å². The van der Waals surface area contributed by atoms with E-state index in [0.717, 1.165) is 16.5 Å². The molecule has 0 amide bonds. The van der Waals surface area contributed by atoms with E-state index in [9.17, 15) is 9.18 Å². The molecular weight excluding hydrogens is 273 g/mol. The van der Waals surface area contributed by atoms with Gasteiger partial charge >= 0.3 is 5.97 Å². The number of methoxy groups -OCH3 is 1. The van der Waals surface area contributed by atoms with Crippen molar-refractivity contribution in [2.24, 2.45) is 5.73 Å². The molecule has 0 spiro atoms. The molecule has 4 nitrogen and oxygen atoms in total. The molecule has 2 rings (SSSR count). The van der Waals surface area contributed by atoms with Crippen LogP contribution < -0.4 is 10.5 Å². The van der Waals surface area contributed by atoms with Gasteiger partial charge < -0.3 is 15.2 Å². The molecule has 0 heterocycles. The highest BCUT2D eigenvalue weighted by Crippen LogP contribution is 2.25. The van der Waals surface area contributed by atoms with Crippen molar-refractivity contribution in [3.05, 3.63) is 42.0 Å². The minimum Gasteiger partial charge on any atom is -0.497 e. The summed E-state index contributed by atoms with van der Waals surface area (Å²) in [4.78, 5) is 11.4. The van der Waals surface area contributed by atoms with E-state index in [1.165, 1.54) is 0 Å². The zero-order chi connectivity index (χ0) is 15.4. The average Bonchev–Trinajstić information content (AvgIpc) is 2.52. The first-order valence-corrected chi connectivity index (χ1v) is 6.70.